The summed E-state index contributed by atoms with van der Waals surface area (Å²) in [5.41, 5.74) is 1.27. The van der Waals surface area contributed by atoms with Crippen LogP contribution in [0.3, 0.4) is 0 Å². The highest BCUT2D eigenvalue weighted by Crippen LogP contribution is 2.26. The number of anilines is 1. The van der Waals surface area contributed by atoms with Gasteiger partial charge in [0.2, 0.25) is 0 Å². The molecule has 0 bridgehead atoms. The molecule has 1 aromatic rings. The number of piperazine rings is 2. The van der Waals surface area contributed by atoms with E-state index in [0.717, 1.165) is 25.5 Å². The maximum absolute atomic E-state index is 4.56. The number of hydrogen-bond acceptors (Lipinski definition) is 5. The molecule has 0 radical (unpaired) electrons. The molecule has 3 heterocycles. The summed E-state index contributed by atoms with van der Waals surface area (Å²) < 4.78 is 0. The Morgan fingerprint density at radius 3 is 2.75 bits per heavy atom. The number of aromatic nitrogens is 2. The molecule has 2 saturated heterocycles. The topological polar surface area (TPSA) is 35.5 Å². The predicted octanol–water partition coefficient (Wildman–Crippen LogP) is 1.04. The Balaban J connectivity index is 1.78. The lowest BCUT2D eigenvalue weighted by atomic mass is 10.0. The highest BCUT2D eigenvalue weighted by molar-refractivity contribution is 5.47. The van der Waals surface area contributed by atoms with Crippen molar-refractivity contribution < 1.29 is 0 Å². The van der Waals surface area contributed by atoms with Gasteiger partial charge >= 0.3 is 0 Å². The van der Waals surface area contributed by atoms with E-state index in [1.54, 1.807) is 6.33 Å². The fraction of sp³-hybridized carbons (Fsp3) is 0.733. The van der Waals surface area contributed by atoms with Gasteiger partial charge in [0.25, 0.3) is 0 Å². The van der Waals surface area contributed by atoms with Gasteiger partial charge in [-0.15, -0.1) is 0 Å². The van der Waals surface area contributed by atoms with E-state index in [1.807, 2.05) is 6.20 Å². The summed E-state index contributed by atoms with van der Waals surface area (Å²) in [6.45, 7) is 11.3. The summed E-state index contributed by atoms with van der Waals surface area (Å²) in [4.78, 5) is 16.3. The fourth-order valence-corrected chi connectivity index (χ4v) is 3.31. The Labute approximate surface area is 121 Å². The third-order valence-electron chi connectivity index (χ3n) is 4.54. The molecule has 0 aromatic carbocycles. The highest BCUT2D eigenvalue weighted by Gasteiger charge is 2.32. The van der Waals surface area contributed by atoms with Crippen LogP contribution in [-0.2, 0) is 0 Å². The summed E-state index contributed by atoms with van der Waals surface area (Å²) in [5.74, 6) is 1.61. The normalized spacial score (nSPS) is 25.0. The van der Waals surface area contributed by atoms with Crippen LogP contribution < -0.4 is 4.90 Å². The van der Waals surface area contributed by atoms with Gasteiger partial charge in [-0.2, -0.15) is 0 Å². The van der Waals surface area contributed by atoms with Crippen LogP contribution in [-0.4, -0.2) is 72.1 Å². The molecule has 0 aliphatic carbocycles. The molecule has 0 spiro atoms. The zero-order valence-corrected chi connectivity index (χ0v) is 12.8. The Morgan fingerprint density at radius 2 is 1.95 bits per heavy atom. The Hall–Kier alpha value is -1.20. The first-order valence-corrected chi connectivity index (χ1v) is 7.62. The molecule has 0 saturated carbocycles. The minimum absolute atomic E-state index is 0.471. The van der Waals surface area contributed by atoms with Crippen molar-refractivity contribution in [3.8, 4) is 0 Å². The number of nitrogens with zero attached hydrogens (tertiary/aromatic N) is 5. The third kappa shape index (κ3) is 2.65. The van der Waals surface area contributed by atoms with Gasteiger partial charge in [0.1, 0.15) is 12.1 Å². The number of hydrogen-bond donors (Lipinski definition) is 0. The molecule has 0 N–H and O–H groups in total. The lowest BCUT2D eigenvalue weighted by molar-refractivity contribution is 0.0804. The van der Waals surface area contributed by atoms with E-state index >= 15 is 0 Å². The van der Waals surface area contributed by atoms with Gasteiger partial charge in [-0.3, -0.25) is 4.90 Å². The summed E-state index contributed by atoms with van der Waals surface area (Å²) >= 11 is 0. The number of fused-ring (bicyclic) bond motifs is 1. The van der Waals surface area contributed by atoms with Gasteiger partial charge in [0.15, 0.2) is 0 Å². The van der Waals surface area contributed by atoms with Crippen LogP contribution in [0.4, 0.5) is 5.82 Å². The van der Waals surface area contributed by atoms with E-state index in [0.29, 0.717) is 12.0 Å². The maximum atomic E-state index is 4.56. The molecular formula is C15H25N5. The quantitative estimate of drug-likeness (QED) is 0.806. The summed E-state index contributed by atoms with van der Waals surface area (Å²) in [5, 5.41) is 0. The molecule has 5 nitrogen and oxygen atoms in total. The van der Waals surface area contributed by atoms with E-state index in [2.05, 4.69) is 45.6 Å². The first-order chi connectivity index (χ1) is 9.65. The molecule has 2 fully saturated rings. The first kappa shape index (κ1) is 13.8. The second-order valence-electron chi connectivity index (χ2n) is 6.35. The summed E-state index contributed by atoms with van der Waals surface area (Å²) in [7, 11) is 2.22. The van der Waals surface area contributed by atoms with Crippen molar-refractivity contribution >= 4 is 5.82 Å². The highest BCUT2D eigenvalue weighted by atomic mass is 15.4. The second kappa shape index (κ2) is 5.66. The minimum atomic E-state index is 0.471. The van der Waals surface area contributed by atoms with Crippen molar-refractivity contribution in [2.24, 2.45) is 0 Å². The molecule has 110 valence electrons. The SMILES string of the molecule is CC(C)c1cncnc1N1CCN2CCN(C)C[C@@H]2C1. The van der Waals surface area contributed by atoms with Crippen LogP contribution in [0, 0.1) is 0 Å². The van der Waals surface area contributed by atoms with Crippen molar-refractivity contribution in [2.45, 2.75) is 25.8 Å². The van der Waals surface area contributed by atoms with E-state index in [1.165, 1.54) is 25.2 Å². The molecule has 3 rings (SSSR count). The van der Waals surface area contributed by atoms with E-state index in [-0.39, 0.29) is 0 Å². The molecule has 2 aliphatic rings. The number of rotatable bonds is 2. The molecule has 5 heteroatoms. The Kier molecular flexibility index (Phi) is 3.89. The van der Waals surface area contributed by atoms with E-state index in [9.17, 15) is 0 Å². The average molecular weight is 275 g/mol. The van der Waals surface area contributed by atoms with Crippen molar-refractivity contribution in [1.82, 2.24) is 19.8 Å². The molecule has 20 heavy (non-hydrogen) atoms. The predicted molar refractivity (Wildman–Crippen MR) is 81.2 cm³/mol. The van der Waals surface area contributed by atoms with Gasteiger partial charge < -0.3 is 9.80 Å². The van der Waals surface area contributed by atoms with Crippen LogP contribution >= 0.6 is 0 Å². The molecule has 1 aromatic heterocycles. The van der Waals surface area contributed by atoms with Crippen LogP contribution in [0.1, 0.15) is 25.3 Å². The molecular weight excluding hydrogens is 250 g/mol. The molecule has 0 unspecified atom stereocenters. The second-order valence-corrected chi connectivity index (χ2v) is 6.35. The number of likely N-dealkylation sites (N-methyl/N-ethyl adjacent to an activating group) is 1. The zero-order chi connectivity index (χ0) is 14.1. The van der Waals surface area contributed by atoms with Gasteiger partial charge in [0, 0.05) is 57.1 Å². The van der Waals surface area contributed by atoms with Crippen molar-refractivity contribution in [3.63, 3.8) is 0 Å². The van der Waals surface area contributed by atoms with Crippen LogP contribution in [0.15, 0.2) is 12.5 Å². The minimum Gasteiger partial charge on any atom is -0.353 e. The van der Waals surface area contributed by atoms with Gasteiger partial charge in [-0.05, 0) is 13.0 Å². The van der Waals surface area contributed by atoms with Crippen molar-refractivity contribution in [2.75, 3.05) is 51.2 Å². The lowest BCUT2D eigenvalue weighted by Crippen LogP contribution is -2.61. The maximum Gasteiger partial charge on any atom is 0.135 e. The van der Waals surface area contributed by atoms with Crippen molar-refractivity contribution in [1.29, 1.82) is 0 Å². The zero-order valence-electron chi connectivity index (χ0n) is 12.8. The first-order valence-electron chi connectivity index (χ1n) is 7.62. The average Bonchev–Trinajstić information content (AvgIpc) is 2.46. The molecule has 0 amide bonds. The van der Waals surface area contributed by atoms with Crippen LogP contribution in [0.25, 0.3) is 0 Å². The van der Waals surface area contributed by atoms with Crippen LogP contribution in [0.2, 0.25) is 0 Å². The van der Waals surface area contributed by atoms with E-state index in [4.69, 9.17) is 0 Å². The Morgan fingerprint density at radius 1 is 1.15 bits per heavy atom. The molecule has 1 atom stereocenters. The largest absolute Gasteiger partial charge is 0.353 e. The third-order valence-corrected chi connectivity index (χ3v) is 4.54. The standard InChI is InChI=1S/C15H25N5/c1-12(2)14-8-16-11-17-15(14)20-7-6-19-5-4-18(3)9-13(19)10-20/h8,11-13H,4-7,9-10H2,1-3H3/t13-/m1/s1. The van der Waals surface area contributed by atoms with Gasteiger partial charge in [-0.1, -0.05) is 13.8 Å². The fourth-order valence-electron chi connectivity index (χ4n) is 3.31. The van der Waals surface area contributed by atoms with E-state index < -0.39 is 0 Å². The van der Waals surface area contributed by atoms with Gasteiger partial charge in [0.05, 0.1) is 0 Å². The smallest absolute Gasteiger partial charge is 0.135 e. The summed E-state index contributed by atoms with van der Waals surface area (Å²) in [6.07, 6.45) is 3.66. The van der Waals surface area contributed by atoms with Crippen LogP contribution in [0.5, 0.6) is 0 Å². The van der Waals surface area contributed by atoms with Crippen molar-refractivity contribution in [3.05, 3.63) is 18.1 Å². The molecule has 2 aliphatic heterocycles. The Bertz CT molecular complexity index is 461. The van der Waals surface area contributed by atoms with Gasteiger partial charge in [-0.25, -0.2) is 9.97 Å². The monoisotopic (exact) mass is 275 g/mol. The lowest BCUT2D eigenvalue weighted by Gasteiger charge is -2.47. The summed E-state index contributed by atoms with van der Waals surface area (Å²) in [6, 6.07) is 0.637.